The highest BCUT2D eigenvalue weighted by Gasteiger charge is 2.44. The molecule has 1 aliphatic rings. The minimum absolute atomic E-state index is 0.553. The van der Waals surface area contributed by atoms with Crippen LogP contribution in [-0.2, 0) is 12.3 Å². The standard InChI is InChI=1S/C16H16N2OS2/c1-12-5-2-3-7-14(12)16(19)11-21-15(20)18(16)10-13-6-4-8-17-9-13/h2-9,19H,10-11H2,1H3. The summed E-state index contributed by atoms with van der Waals surface area (Å²) in [6.45, 7) is 2.58. The van der Waals surface area contributed by atoms with Gasteiger partial charge < -0.3 is 10.0 Å². The molecular formula is C16H16N2OS2. The second-order valence-electron chi connectivity index (χ2n) is 5.13. The molecule has 1 saturated heterocycles. The van der Waals surface area contributed by atoms with E-state index < -0.39 is 5.72 Å². The first-order valence-corrected chi connectivity index (χ1v) is 8.12. The van der Waals surface area contributed by atoms with E-state index in [1.807, 2.05) is 54.4 Å². The third kappa shape index (κ3) is 2.69. The van der Waals surface area contributed by atoms with E-state index in [1.165, 1.54) is 11.8 Å². The minimum atomic E-state index is -1.05. The number of aliphatic hydroxyl groups is 1. The van der Waals surface area contributed by atoms with Gasteiger partial charge in [-0.25, -0.2) is 0 Å². The van der Waals surface area contributed by atoms with Crippen molar-refractivity contribution in [2.24, 2.45) is 0 Å². The van der Waals surface area contributed by atoms with E-state index in [9.17, 15) is 5.11 Å². The van der Waals surface area contributed by atoms with Gasteiger partial charge in [0.2, 0.25) is 0 Å². The number of hydrogen-bond donors (Lipinski definition) is 1. The topological polar surface area (TPSA) is 36.4 Å². The Morgan fingerprint density at radius 2 is 2.14 bits per heavy atom. The Morgan fingerprint density at radius 1 is 1.33 bits per heavy atom. The number of thioether (sulfide) groups is 1. The average molecular weight is 316 g/mol. The van der Waals surface area contributed by atoms with Crippen LogP contribution in [-0.4, -0.2) is 25.1 Å². The van der Waals surface area contributed by atoms with Crippen LogP contribution in [0.4, 0.5) is 0 Å². The van der Waals surface area contributed by atoms with E-state index >= 15 is 0 Å². The molecule has 21 heavy (non-hydrogen) atoms. The van der Waals surface area contributed by atoms with Gasteiger partial charge in [0.25, 0.3) is 0 Å². The molecule has 1 fully saturated rings. The fraction of sp³-hybridized carbons (Fsp3) is 0.250. The number of thiocarbonyl (C=S) groups is 1. The summed E-state index contributed by atoms with van der Waals surface area (Å²) in [6, 6.07) is 11.8. The van der Waals surface area contributed by atoms with Crippen molar-refractivity contribution < 1.29 is 5.11 Å². The Bertz CT molecular complexity index is 662. The molecule has 0 spiro atoms. The van der Waals surface area contributed by atoms with Crippen LogP contribution in [0.25, 0.3) is 0 Å². The summed E-state index contributed by atoms with van der Waals surface area (Å²) in [5, 5.41) is 11.2. The summed E-state index contributed by atoms with van der Waals surface area (Å²) in [4.78, 5) is 6.03. The van der Waals surface area contributed by atoms with Gasteiger partial charge in [0.05, 0.1) is 5.75 Å². The first kappa shape index (κ1) is 14.5. The average Bonchev–Trinajstić information content (AvgIpc) is 2.78. The molecule has 1 unspecified atom stereocenters. The van der Waals surface area contributed by atoms with Crippen LogP contribution in [0.1, 0.15) is 16.7 Å². The molecule has 0 bridgehead atoms. The largest absolute Gasteiger partial charge is 0.366 e. The van der Waals surface area contributed by atoms with Crippen molar-refractivity contribution in [3.63, 3.8) is 0 Å². The molecule has 0 amide bonds. The van der Waals surface area contributed by atoms with Gasteiger partial charge >= 0.3 is 0 Å². The highest BCUT2D eigenvalue weighted by atomic mass is 32.2. The van der Waals surface area contributed by atoms with Crippen LogP contribution in [0, 0.1) is 6.92 Å². The van der Waals surface area contributed by atoms with E-state index in [2.05, 4.69) is 4.98 Å². The molecule has 108 valence electrons. The molecule has 1 N–H and O–H groups in total. The highest BCUT2D eigenvalue weighted by molar-refractivity contribution is 8.23. The lowest BCUT2D eigenvalue weighted by Gasteiger charge is -2.35. The molecule has 3 rings (SSSR count). The number of aryl methyl sites for hydroxylation is 1. The van der Waals surface area contributed by atoms with Crippen molar-refractivity contribution in [2.75, 3.05) is 5.75 Å². The van der Waals surface area contributed by atoms with Crippen LogP contribution < -0.4 is 0 Å². The van der Waals surface area contributed by atoms with Crippen molar-refractivity contribution >= 4 is 28.3 Å². The van der Waals surface area contributed by atoms with Crippen molar-refractivity contribution in [3.8, 4) is 0 Å². The second kappa shape index (κ2) is 5.75. The van der Waals surface area contributed by atoms with Gasteiger partial charge in [-0.05, 0) is 24.1 Å². The maximum absolute atomic E-state index is 11.2. The van der Waals surface area contributed by atoms with Crippen molar-refractivity contribution in [3.05, 3.63) is 65.5 Å². The Kier molecular flexibility index (Phi) is 3.97. The quantitative estimate of drug-likeness (QED) is 0.881. The molecule has 1 aliphatic heterocycles. The molecule has 2 heterocycles. The molecule has 5 heteroatoms. The lowest BCUT2D eigenvalue weighted by atomic mass is 9.97. The van der Waals surface area contributed by atoms with Crippen LogP contribution in [0.5, 0.6) is 0 Å². The van der Waals surface area contributed by atoms with E-state index in [1.54, 1.807) is 6.20 Å². The van der Waals surface area contributed by atoms with Crippen LogP contribution >= 0.6 is 24.0 Å². The monoisotopic (exact) mass is 316 g/mol. The maximum atomic E-state index is 11.2. The number of rotatable bonds is 3. The van der Waals surface area contributed by atoms with E-state index in [0.717, 1.165) is 21.0 Å². The van der Waals surface area contributed by atoms with Gasteiger partial charge in [-0.1, -0.05) is 54.3 Å². The van der Waals surface area contributed by atoms with Gasteiger partial charge in [0.15, 0.2) is 5.72 Å². The fourth-order valence-electron chi connectivity index (χ4n) is 2.58. The molecule has 0 aliphatic carbocycles. The fourth-order valence-corrected chi connectivity index (χ4v) is 3.98. The summed E-state index contributed by atoms with van der Waals surface area (Å²) < 4.78 is 0.726. The Hall–Kier alpha value is -1.43. The Balaban J connectivity index is 1.97. The van der Waals surface area contributed by atoms with Crippen LogP contribution in [0.3, 0.4) is 0 Å². The molecular weight excluding hydrogens is 300 g/mol. The first-order valence-electron chi connectivity index (χ1n) is 6.73. The normalized spacial score (nSPS) is 21.8. The summed E-state index contributed by atoms with van der Waals surface area (Å²) in [6.07, 6.45) is 3.55. The predicted molar refractivity (Wildman–Crippen MR) is 89.9 cm³/mol. The minimum Gasteiger partial charge on any atom is -0.366 e. The second-order valence-corrected chi connectivity index (χ2v) is 6.74. The molecule has 1 aromatic carbocycles. The summed E-state index contributed by atoms with van der Waals surface area (Å²) in [7, 11) is 0. The maximum Gasteiger partial charge on any atom is 0.175 e. The summed E-state index contributed by atoms with van der Waals surface area (Å²) in [5.74, 6) is 0.553. The van der Waals surface area contributed by atoms with Gasteiger partial charge in [0.1, 0.15) is 4.32 Å². The van der Waals surface area contributed by atoms with Crippen molar-refractivity contribution in [1.29, 1.82) is 0 Å². The van der Waals surface area contributed by atoms with Gasteiger partial charge in [0, 0.05) is 24.5 Å². The Labute approximate surface area is 134 Å². The lowest BCUT2D eigenvalue weighted by Crippen LogP contribution is -2.44. The lowest BCUT2D eigenvalue weighted by molar-refractivity contribution is -0.0513. The molecule has 2 aromatic rings. The predicted octanol–water partition coefficient (Wildman–Crippen LogP) is 3.07. The third-order valence-corrected chi connectivity index (χ3v) is 5.29. The van der Waals surface area contributed by atoms with Crippen molar-refractivity contribution in [1.82, 2.24) is 9.88 Å². The number of benzene rings is 1. The summed E-state index contributed by atoms with van der Waals surface area (Å²) >= 11 is 6.96. The van der Waals surface area contributed by atoms with Crippen LogP contribution in [0.15, 0.2) is 48.8 Å². The Morgan fingerprint density at radius 3 is 2.86 bits per heavy atom. The van der Waals surface area contributed by atoms with Gasteiger partial charge in [-0.3, -0.25) is 4.98 Å². The molecule has 0 saturated carbocycles. The molecule has 3 nitrogen and oxygen atoms in total. The zero-order valence-corrected chi connectivity index (χ0v) is 13.3. The van der Waals surface area contributed by atoms with Crippen LogP contribution in [0.2, 0.25) is 0 Å². The highest BCUT2D eigenvalue weighted by Crippen LogP contribution is 2.41. The van der Waals surface area contributed by atoms with Crippen molar-refractivity contribution in [2.45, 2.75) is 19.2 Å². The smallest absolute Gasteiger partial charge is 0.175 e. The van der Waals surface area contributed by atoms with Gasteiger partial charge in [-0.2, -0.15) is 0 Å². The SMILES string of the molecule is Cc1ccccc1C1(O)CSC(=S)N1Cc1cccnc1. The first-order chi connectivity index (χ1) is 10.1. The number of nitrogens with zero attached hydrogens (tertiary/aromatic N) is 2. The number of pyridine rings is 1. The number of hydrogen-bond acceptors (Lipinski definition) is 4. The molecule has 0 radical (unpaired) electrons. The number of aromatic nitrogens is 1. The van der Waals surface area contributed by atoms with E-state index in [-0.39, 0.29) is 0 Å². The third-order valence-electron chi connectivity index (χ3n) is 3.70. The summed E-state index contributed by atoms with van der Waals surface area (Å²) in [5.41, 5.74) is 1.97. The zero-order chi connectivity index (χ0) is 14.9. The van der Waals surface area contributed by atoms with Gasteiger partial charge in [-0.15, -0.1) is 0 Å². The van der Waals surface area contributed by atoms with E-state index in [0.29, 0.717) is 12.3 Å². The zero-order valence-electron chi connectivity index (χ0n) is 11.7. The molecule has 1 atom stereocenters. The molecule has 1 aromatic heterocycles. The van der Waals surface area contributed by atoms with E-state index in [4.69, 9.17) is 12.2 Å².